The second-order valence-corrected chi connectivity index (χ2v) is 5.39. The van der Waals surface area contributed by atoms with E-state index in [0.29, 0.717) is 12.2 Å². The van der Waals surface area contributed by atoms with Crippen molar-refractivity contribution in [2.45, 2.75) is 25.7 Å². The van der Waals surface area contributed by atoms with Gasteiger partial charge in [-0.1, -0.05) is 36.3 Å². The molecule has 104 valence electrons. The van der Waals surface area contributed by atoms with Crippen molar-refractivity contribution in [1.82, 2.24) is 15.0 Å². The molecular weight excluding hydrogens is 252 g/mol. The Labute approximate surface area is 117 Å². The normalized spacial score (nSPS) is 17.2. The Hall–Kier alpha value is -2.01. The van der Waals surface area contributed by atoms with Crippen LogP contribution in [-0.2, 0) is 0 Å². The molecule has 0 spiro atoms. The molecule has 1 aromatic heterocycles. The molecule has 1 aromatic carbocycles. The first-order valence-electron chi connectivity index (χ1n) is 6.98. The van der Waals surface area contributed by atoms with Crippen LogP contribution in [0.25, 0.3) is 5.69 Å². The van der Waals surface area contributed by atoms with Gasteiger partial charge in [0.2, 0.25) is 0 Å². The third kappa shape index (κ3) is 2.04. The van der Waals surface area contributed by atoms with Gasteiger partial charge in [-0.05, 0) is 25.0 Å². The minimum atomic E-state index is -0.422. The van der Waals surface area contributed by atoms with Crippen molar-refractivity contribution in [2.75, 3.05) is 6.54 Å². The number of benzene rings is 1. The molecule has 5 heteroatoms. The van der Waals surface area contributed by atoms with Crippen LogP contribution in [0.1, 0.15) is 36.2 Å². The molecule has 5 nitrogen and oxygen atoms in total. The smallest absolute Gasteiger partial charge is 0.190 e. The number of ketones is 1. The van der Waals surface area contributed by atoms with E-state index in [1.54, 1.807) is 10.9 Å². The number of hydrogen-bond acceptors (Lipinski definition) is 4. The maximum atomic E-state index is 12.9. The van der Waals surface area contributed by atoms with Gasteiger partial charge in [0.05, 0.1) is 11.9 Å². The SMILES string of the molecule is NCC1(C(=O)c2cnnn2-c2ccccc2)CCCC1. The number of nitrogens with zero attached hydrogens (tertiary/aromatic N) is 3. The molecule has 20 heavy (non-hydrogen) atoms. The summed E-state index contributed by atoms with van der Waals surface area (Å²) in [6.45, 7) is 0.395. The number of carbonyl (C=O) groups is 1. The van der Waals surface area contributed by atoms with Crippen molar-refractivity contribution in [2.24, 2.45) is 11.1 Å². The monoisotopic (exact) mass is 270 g/mol. The maximum absolute atomic E-state index is 12.9. The Kier molecular flexibility index (Phi) is 3.36. The highest BCUT2D eigenvalue weighted by Crippen LogP contribution is 2.40. The zero-order chi connectivity index (χ0) is 14.0. The summed E-state index contributed by atoms with van der Waals surface area (Å²) in [5, 5.41) is 7.96. The number of hydrogen-bond donors (Lipinski definition) is 1. The Morgan fingerprint density at radius 3 is 2.60 bits per heavy atom. The largest absolute Gasteiger partial charge is 0.329 e. The lowest BCUT2D eigenvalue weighted by molar-refractivity contribution is 0.0801. The average Bonchev–Trinajstić information content (AvgIpc) is 3.17. The fourth-order valence-electron chi connectivity index (χ4n) is 3.00. The number of aromatic nitrogens is 3. The average molecular weight is 270 g/mol. The Morgan fingerprint density at radius 1 is 1.25 bits per heavy atom. The summed E-state index contributed by atoms with van der Waals surface area (Å²) in [5.41, 5.74) is 6.85. The van der Waals surface area contributed by atoms with E-state index in [-0.39, 0.29) is 5.78 Å². The fraction of sp³-hybridized carbons (Fsp3) is 0.400. The molecule has 2 N–H and O–H groups in total. The Morgan fingerprint density at radius 2 is 1.95 bits per heavy atom. The first-order valence-corrected chi connectivity index (χ1v) is 6.98. The third-order valence-electron chi connectivity index (χ3n) is 4.22. The topological polar surface area (TPSA) is 73.8 Å². The van der Waals surface area contributed by atoms with Crippen molar-refractivity contribution in [3.8, 4) is 5.69 Å². The lowest BCUT2D eigenvalue weighted by Crippen LogP contribution is -2.37. The van der Waals surface area contributed by atoms with E-state index in [4.69, 9.17) is 5.73 Å². The van der Waals surface area contributed by atoms with Gasteiger partial charge in [0.25, 0.3) is 0 Å². The summed E-state index contributed by atoms with van der Waals surface area (Å²) in [5.74, 6) is 0.0753. The molecule has 0 amide bonds. The van der Waals surface area contributed by atoms with Crippen LogP contribution in [0.4, 0.5) is 0 Å². The van der Waals surface area contributed by atoms with E-state index in [1.807, 2.05) is 30.3 Å². The predicted octanol–water partition coefficient (Wildman–Crippen LogP) is 1.97. The van der Waals surface area contributed by atoms with Gasteiger partial charge < -0.3 is 5.73 Å². The molecule has 0 saturated heterocycles. The molecule has 0 atom stereocenters. The van der Waals surface area contributed by atoms with Crippen LogP contribution in [0.5, 0.6) is 0 Å². The van der Waals surface area contributed by atoms with Gasteiger partial charge >= 0.3 is 0 Å². The van der Waals surface area contributed by atoms with Crippen LogP contribution in [0.15, 0.2) is 36.5 Å². The minimum absolute atomic E-state index is 0.0753. The summed E-state index contributed by atoms with van der Waals surface area (Å²) >= 11 is 0. The molecule has 1 saturated carbocycles. The molecule has 1 heterocycles. The summed E-state index contributed by atoms with van der Waals surface area (Å²) in [7, 11) is 0. The maximum Gasteiger partial charge on any atom is 0.190 e. The second kappa shape index (κ2) is 5.17. The second-order valence-electron chi connectivity index (χ2n) is 5.39. The van der Waals surface area contributed by atoms with E-state index in [9.17, 15) is 4.79 Å². The van der Waals surface area contributed by atoms with Crippen molar-refractivity contribution in [3.63, 3.8) is 0 Å². The zero-order valence-corrected chi connectivity index (χ0v) is 11.3. The van der Waals surface area contributed by atoms with Crippen LogP contribution in [0.2, 0.25) is 0 Å². The van der Waals surface area contributed by atoms with E-state index in [1.165, 1.54) is 0 Å². The number of nitrogens with two attached hydrogens (primary N) is 1. The van der Waals surface area contributed by atoms with Gasteiger partial charge in [0.1, 0.15) is 5.69 Å². The number of rotatable bonds is 4. The van der Waals surface area contributed by atoms with Gasteiger partial charge in [0, 0.05) is 12.0 Å². The van der Waals surface area contributed by atoms with E-state index >= 15 is 0 Å². The Balaban J connectivity index is 2.00. The molecular formula is C15H18N4O. The lowest BCUT2D eigenvalue weighted by atomic mass is 9.80. The first-order chi connectivity index (χ1) is 9.77. The fourth-order valence-corrected chi connectivity index (χ4v) is 3.00. The molecule has 0 bridgehead atoms. The highest BCUT2D eigenvalue weighted by Gasteiger charge is 2.41. The molecule has 1 aliphatic carbocycles. The van der Waals surface area contributed by atoms with Crippen molar-refractivity contribution < 1.29 is 4.79 Å². The van der Waals surface area contributed by atoms with Crippen LogP contribution < -0.4 is 5.73 Å². The van der Waals surface area contributed by atoms with Gasteiger partial charge in [-0.15, -0.1) is 5.10 Å². The standard InChI is InChI=1S/C15H18N4O/c16-11-15(8-4-5-9-15)14(20)13-10-17-18-19(13)12-6-2-1-3-7-12/h1-3,6-7,10H,4-5,8-9,11,16H2. The van der Waals surface area contributed by atoms with Crippen LogP contribution in [-0.4, -0.2) is 27.3 Å². The van der Waals surface area contributed by atoms with E-state index in [0.717, 1.165) is 31.4 Å². The van der Waals surface area contributed by atoms with Crippen LogP contribution in [0.3, 0.4) is 0 Å². The summed E-state index contributed by atoms with van der Waals surface area (Å²) in [6, 6.07) is 9.59. The molecule has 0 radical (unpaired) electrons. The van der Waals surface area contributed by atoms with Crippen LogP contribution >= 0.6 is 0 Å². The molecule has 1 aliphatic rings. The number of Topliss-reactive ketones (excluding diaryl/α,β-unsaturated/α-hetero) is 1. The highest BCUT2D eigenvalue weighted by atomic mass is 16.1. The molecule has 1 fully saturated rings. The molecule has 2 aromatic rings. The lowest BCUT2D eigenvalue weighted by Gasteiger charge is -2.25. The van der Waals surface area contributed by atoms with Gasteiger partial charge in [-0.25, -0.2) is 4.68 Å². The summed E-state index contributed by atoms with van der Waals surface area (Å²) < 4.78 is 1.61. The first kappa shape index (κ1) is 13.0. The summed E-state index contributed by atoms with van der Waals surface area (Å²) in [6.07, 6.45) is 5.40. The minimum Gasteiger partial charge on any atom is -0.329 e. The van der Waals surface area contributed by atoms with Crippen molar-refractivity contribution in [3.05, 3.63) is 42.2 Å². The van der Waals surface area contributed by atoms with Gasteiger partial charge in [-0.2, -0.15) is 0 Å². The molecule has 3 rings (SSSR count). The van der Waals surface area contributed by atoms with E-state index < -0.39 is 5.41 Å². The molecule has 0 aliphatic heterocycles. The number of carbonyl (C=O) groups excluding carboxylic acids is 1. The zero-order valence-electron chi connectivity index (χ0n) is 11.3. The van der Waals surface area contributed by atoms with Gasteiger partial charge in [0.15, 0.2) is 5.78 Å². The van der Waals surface area contributed by atoms with E-state index in [2.05, 4.69) is 10.3 Å². The summed E-state index contributed by atoms with van der Waals surface area (Å²) in [4.78, 5) is 12.9. The quantitative estimate of drug-likeness (QED) is 0.862. The van der Waals surface area contributed by atoms with Crippen molar-refractivity contribution in [1.29, 1.82) is 0 Å². The highest BCUT2D eigenvalue weighted by molar-refractivity contribution is 5.99. The predicted molar refractivity (Wildman–Crippen MR) is 75.6 cm³/mol. The van der Waals surface area contributed by atoms with Gasteiger partial charge in [-0.3, -0.25) is 4.79 Å². The third-order valence-corrected chi connectivity index (χ3v) is 4.22. The number of para-hydroxylation sites is 1. The van der Waals surface area contributed by atoms with Crippen LogP contribution in [0, 0.1) is 5.41 Å². The van der Waals surface area contributed by atoms with Crippen molar-refractivity contribution >= 4 is 5.78 Å². The Bertz CT molecular complexity index is 599. The molecule has 0 unspecified atom stereocenters.